The monoisotopic (exact) mass is 249 g/mol. The zero-order valence-electron chi connectivity index (χ0n) is 9.47. The van der Waals surface area contributed by atoms with E-state index in [0.29, 0.717) is 5.82 Å². The van der Waals surface area contributed by atoms with Gasteiger partial charge in [0.05, 0.1) is 6.20 Å². The highest BCUT2D eigenvalue weighted by Gasteiger charge is 2.16. The zero-order valence-corrected chi connectivity index (χ0v) is 10.3. The highest BCUT2D eigenvalue weighted by atomic mass is 32.2. The van der Waals surface area contributed by atoms with Crippen molar-refractivity contribution in [2.75, 3.05) is 29.1 Å². The molecule has 0 radical (unpaired) electrons. The van der Waals surface area contributed by atoms with Crippen LogP contribution in [0.3, 0.4) is 0 Å². The van der Waals surface area contributed by atoms with Crippen molar-refractivity contribution in [2.24, 2.45) is 5.92 Å². The Morgan fingerprint density at radius 3 is 3.35 bits per heavy atom. The van der Waals surface area contributed by atoms with Gasteiger partial charge >= 0.3 is 0 Å². The second-order valence-corrected chi connectivity index (χ2v) is 5.43. The summed E-state index contributed by atoms with van der Waals surface area (Å²) >= 11 is 2.02. The Bertz CT molecular complexity index is 518. The van der Waals surface area contributed by atoms with Gasteiger partial charge in [-0.05, 0) is 23.8 Å². The number of hydrogen-bond acceptors (Lipinski definition) is 5. The number of thioether (sulfide) groups is 1. The molecule has 1 unspecified atom stereocenters. The van der Waals surface area contributed by atoms with Gasteiger partial charge < -0.3 is 15.5 Å². The number of nitrogens with one attached hydrogen (secondary N) is 1. The number of hydrogen-bond donors (Lipinski definition) is 2. The SMILES string of the molecule is Nc1cn2ccnc2c(NCC2CCSC2)n1. The minimum atomic E-state index is 0.513. The lowest BCUT2D eigenvalue weighted by Gasteiger charge is -2.11. The van der Waals surface area contributed by atoms with Gasteiger partial charge in [-0.1, -0.05) is 0 Å². The summed E-state index contributed by atoms with van der Waals surface area (Å²) in [7, 11) is 0. The van der Waals surface area contributed by atoms with Crippen molar-refractivity contribution in [2.45, 2.75) is 6.42 Å². The number of rotatable bonds is 3. The van der Waals surface area contributed by atoms with E-state index in [1.807, 2.05) is 22.4 Å². The number of fused-ring (bicyclic) bond motifs is 1. The molecule has 1 aliphatic heterocycles. The van der Waals surface area contributed by atoms with E-state index >= 15 is 0 Å². The summed E-state index contributed by atoms with van der Waals surface area (Å²) in [6.45, 7) is 0.950. The molecule has 0 bridgehead atoms. The van der Waals surface area contributed by atoms with E-state index < -0.39 is 0 Å². The zero-order chi connectivity index (χ0) is 11.7. The Hall–Kier alpha value is -1.43. The summed E-state index contributed by atoms with van der Waals surface area (Å²) in [5.41, 5.74) is 6.60. The Labute approximate surface area is 104 Å². The van der Waals surface area contributed by atoms with Crippen molar-refractivity contribution >= 4 is 29.0 Å². The maximum absolute atomic E-state index is 5.76. The standard InChI is InChI=1S/C11H15N5S/c12-9-6-16-3-2-13-11(16)10(15-9)14-5-8-1-4-17-7-8/h2-3,6,8H,1,4-5,7,12H2,(H,14,15). The summed E-state index contributed by atoms with van der Waals surface area (Å²) in [4.78, 5) is 8.59. The second kappa shape index (κ2) is 4.44. The van der Waals surface area contributed by atoms with Crippen molar-refractivity contribution in [1.82, 2.24) is 14.4 Å². The first-order valence-corrected chi connectivity index (χ1v) is 6.89. The third-order valence-electron chi connectivity index (χ3n) is 2.97. The predicted octanol–water partition coefficient (Wildman–Crippen LogP) is 1.48. The molecule has 0 spiro atoms. The topological polar surface area (TPSA) is 68.2 Å². The first-order chi connectivity index (χ1) is 8.33. The fraction of sp³-hybridized carbons (Fsp3) is 0.455. The van der Waals surface area contributed by atoms with Crippen molar-refractivity contribution in [1.29, 1.82) is 0 Å². The molecule has 0 amide bonds. The molecule has 2 aromatic rings. The lowest BCUT2D eigenvalue weighted by atomic mass is 10.1. The minimum absolute atomic E-state index is 0.513. The van der Waals surface area contributed by atoms with Crippen LogP contribution in [0.25, 0.3) is 5.65 Å². The van der Waals surface area contributed by atoms with Crippen molar-refractivity contribution in [3.8, 4) is 0 Å². The van der Waals surface area contributed by atoms with Crippen LogP contribution in [0.15, 0.2) is 18.6 Å². The van der Waals surface area contributed by atoms with Gasteiger partial charge in [-0.3, -0.25) is 0 Å². The van der Waals surface area contributed by atoms with E-state index in [9.17, 15) is 0 Å². The first kappa shape index (κ1) is 10.7. The highest BCUT2D eigenvalue weighted by molar-refractivity contribution is 7.99. The molecule has 3 rings (SSSR count). The predicted molar refractivity (Wildman–Crippen MR) is 71.3 cm³/mol. The number of nitrogen functional groups attached to an aromatic ring is 1. The summed E-state index contributed by atoms with van der Waals surface area (Å²) in [6, 6.07) is 0. The van der Waals surface area contributed by atoms with Crippen LogP contribution >= 0.6 is 11.8 Å². The third-order valence-corrected chi connectivity index (χ3v) is 4.21. The third kappa shape index (κ3) is 2.17. The van der Waals surface area contributed by atoms with Gasteiger partial charge in [0.1, 0.15) is 5.82 Å². The maximum atomic E-state index is 5.76. The summed E-state index contributed by atoms with van der Waals surface area (Å²) < 4.78 is 1.90. The highest BCUT2D eigenvalue weighted by Crippen LogP contribution is 2.24. The van der Waals surface area contributed by atoms with Crippen LogP contribution < -0.4 is 11.1 Å². The second-order valence-electron chi connectivity index (χ2n) is 4.28. The van der Waals surface area contributed by atoms with Crippen LogP contribution in [-0.4, -0.2) is 32.4 Å². The molecule has 1 aliphatic rings. The number of imidazole rings is 1. The van der Waals surface area contributed by atoms with Gasteiger partial charge in [0.25, 0.3) is 0 Å². The average Bonchev–Trinajstić information content (AvgIpc) is 2.95. The normalized spacial score (nSPS) is 19.9. The minimum Gasteiger partial charge on any atom is -0.382 e. The van der Waals surface area contributed by atoms with Crippen LogP contribution in [0.1, 0.15) is 6.42 Å². The van der Waals surface area contributed by atoms with E-state index in [4.69, 9.17) is 5.73 Å². The lowest BCUT2D eigenvalue weighted by Crippen LogP contribution is -2.15. The van der Waals surface area contributed by atoms with Crippen LogP contribution in [0.4, 0.5) is 11.6 Å². The molecular formula is C11H15N5S. The molecule has 2 aromatic heterocycles. The van der Waals surface area contributed by atoms with Gasteiger partial charge in [0, 0.05) is 18.9 Å². The van der Waals surface area contributed by atoms with Crippen molar-refractivity contribution in [3.63, 3.8) is 0 Å². The fourth-order valence-electron chi connectivity index (χ4n) is 2.06. The summed E-state index contributed by atoms with van der Waals surface area (Å²) in [5.74, 6) is 4.54. The molecule has 1 atom stereocenters. The largest absolute Gasteiger partial charge is 0.382 e. The molecular weight excluding hydrogens is 234 g/mol. The average molecular weight is 249 g/mol. The molecule has 3 N–H and O–H groups in total. The van der Waals surface area contributed by atoms with Crippen LogP contribution in [0.2, 0.25) is 0 Å². The molecule has 90 valence electrons. The molecule has 17 heavy (non-hydrogen) atoms. The number of aromatic nitrogens is 3. The summed E-state index contributed by atoms with van der Waals surface area (Å²) in [6.07, 6.45) is 6.70. The Morgan fingerprint density at radius 1 is 1.59 bits per heavy atom. The molecule has 0 saturated carbocycles. The summed E-state index contributed by atoms with van der Waals surface area (Å²) in [5, 5.41) is 3.37. The van der Waals surface area contributed by atoms with Gasteiger partial charge in [0.2, 0.25) is 0 Å². The van der Waals surface area contributed by atoms with Gasteiger partial charge in [-0.15, -0.1) is 0 Å². The van der Waals surface area contributed by atoms with Crippen molar-refractivity contribution in [3.05, 3.63) is 18.6 Å². The Morgan fingerprint density at radius 2 is 2.53 bits per heavy atom. The maximum Gasteiger partial charge on any atom is 0.180 e. The van der Waals surface area contributed by atoms with E-state index in [1.165, 1.54) is 17.9 Å². The quantitative estimate of drug-likeness (QED) is 0.862. The van der Waals surface area contributed by atoms with Crippen LogP contribution in [0, 0.1) is 5.92 Å². The van der Waals surface area contributed by atoms with Crippen LogP contribution in [-0.2, 0) is 0 Å². The fourth-order valence-corrected chi connectivity index (χ4v) is 3.34. The van der Waals surface area contributed by atoms with Crippen molar-refractivity contribution < 1.29 is 0 Å². The lowest BCUT2D eigenvalue weighted by molar-refractivity contribution is 0.630. The number of anilines is 2. The van der Waals surface area contributed by atoms with Gasteiger partial charge in [-0.25, -0.2) is 9.97 Å². The molecule has 3 heterocycles. The van der Waals surface area contributed by atoms with E-state index in [0.717, 1.165) is 23.9 Å². The first-order valence-electron chi connectivity index (χ1n) is 5.74. The number of nitrogens with zero attached hydrogens (tertiary/aromatic N) is 3. The number of nitrogens with two attached hydrogens (primary N) is 1. The Kier molecular flexibility index (Phi) is 2.80. The van der Waals surface area contributed by atoms with Gasteiger partial charge in [0.15, 0.2) is 11.5 Å². The Balaban J connectivity index is 1.81. The molecule has 1 fully saturated rings. The van der Waals surface area contributed by atoms with Gasteiger partial charge in [-0.2, -0.15) is 11.8 Å². The smallest absolute Gasteiger partial charge is 0.180 e. The molecule has 0 aromatic carbocycles. The van der Waals surface area contributed by atoms with E-state index in [2.05, 4.69) is 15.3 Å². The molecule has 1 saturated heterocycles. The molecule has 0 aliphatic carbocycles. The van der Waals surface area contributed by atoms with E-state index in [-0.39, 0.29) is 0 Å². The van der Waals surface area contributed by atoms with E-state index in [1.54, 1.807) is 12.4 Å². The van der Waals surface area contributed by atoms with Crippen LogP contribution in [0.5, 0.6) is 0 Å². The molecule has 5 nitrogen and oxygen atoms in total. The molecule has 6 heteroatoms.